The van der Waals surface area contributed by atoms with Gasteiger partial charge in [-0.25, -0.2) is 0 Å². The van der Waals surface area contributed by atoms with Crippen molar-refractivity contribution in [2.45, 2.75) is 32.6 Å². The molecule has 2 fully saturated rings. The molecule has 0 radical (unpaired) electrons. The van der Waals surface area contributed by atoms with Crippen LogP contribution in [0.15, 0.2) is 0 Å². The van der Waals surface area contributed by atoms with Crippen molar-refractivity contribution in [3.8, 4) is 0 Å². The molecule has 2 aliphatic rings. The second kappa shape index (κ2) is 3.54. The largest absolute Gasteiger partial charge is 0.369 e. The first kappa shape index (κ1) is 9.97. The van der Waals surface area contributed by atoms with Crippen molar-refractivity contribution in [1.29, 1.82) is 0 Å². The standard InChI is InChI=1S/C11H20N2O/c1-11(8-4-2-3-5-8)7-13-6-9(11)10(12)14/h8-9,13H,2-7H2,1H3,(H2,12,14). The highest BCUT2D eigenvalue weighted by Gasteiger charge is 2.47. The van der Waals surface area contributed by atoms with Crippen molar-refractivity contribution in [2.75, 3.05) is 13.1 Å². The quantitative estimate of drug-likeness (QED) is 0.689. The van der Waals surface area contributed by atoms with Crippen LogP contribution in [0.4, 0.5) is 0 Å². The van der Waals surface area contributed by atoms with Crippen molar-refractivity contribution in [3.05, 3.63) is 0 Å². The Balaban J connectivity index is 2.15. The molecule has 0 bridgehead atoms. The number of hydrogen-bond acceptors (Lipinski definition) is 2. The Morgan fingerprint density at radius 2 is 2.07 bits per heavy atom. The third kappa shape index (κ3) is 1.44. The van der Waals surface area contributed by atoms with Gasteiger partial charge in [0.1, 0.15) is 0 Å². The van der Waals surface area contributed by atoms with Crippen LogP contribution in [0, 0.1) is 17.3 Å². The van der Waals surface area contributed by atoms with Crippen molar-refractivity contribution in [2.24, 2.45) is 23.0 Å². The summed E-state index contributed by atoms with van der Waals surface area (Å²) in [6, 6.07) is 0. The van der Waals surface area contributed by atoms with Crippen molar-refractivity contribution in [1.82, 2.24) is 5.32 Å². The molecule has 1 saturated heterocycles. The average molecular weight is 196 g/mol. The summed E-state index contributed by atoms with van der Waals surface area (Å²) >= 11 is 0. The van der Waals surface area contributed by atoms with Gasteiger partial charge in [0.25, 0.3) is 0 Å². The number of nitrogens with two attached hydrogens (primary N) is 1. The lowest BCUT2D eigenvalue weighted by Gasteiger charge is -2.35. The molecule has 1 heterocycles. The summed E-state index contributed by atoms with van der Waals surface area (Å²) in [6.45, 7) is 3.98. The monoisotopic (exact) mass is 196 g/mol. The Morgan fingerprint density at radius 1 is 1.43 bits per heavy atom. The molecule has 2 atom stereocenters. The van der Waals surface area contributed by atoms with Crippen molar-refractivity contribution < 1.29 is 4.79 Å². The van der Waals surface area contributed by atoms with Crippen LogP contribution in [0.5, 0.6) is 0 Å². The fourth-order valence-corrected chi connectivity index (χ4v) is 3.28. The minimum atomic E-state index is -0.121. The maximum absolute atomic E-state index is 11.4. The fraction of sp³-hybridized carbons (Fsp3) is 0.909. The second-order valence-electron chi connectivity index (χ2n) is 5.07. The number of carbonyl (C=O) groups excluding carboxylic acids is 1. The first-order valence-electron chi connectivity index (χ1n) is 5.64. The topological polar surface area (TPSA) is 55.1 Å². The summed E-state index contributed by atoms with van der Waals surface area (Å²) < 4.78 is 0. The molecule has 14 heavy (non-hydrogen) atoms. The van der Waals surface area contributed by atoms with Gasteiger partial charge in [0, 0.05) is 13.1 Å². The number of carbonyl (C=O) groups is 1. The summed E-state index contributed by atoms with van der Waals surface area (Å²) in [6.07, 6.45) is 5.21. The van der Waals surface area contributed by atoms with Gasteiger partial charge in [-0.05, 0) is 24.2 Å². The molecule has 0 spiro atoms. The Labute approximate surface area is 85.4 Å². The van der Waals surface area contributed by atoms with Crippen LogP contribution < -0.4 is 11.1 Å². The van der Waals surface area contributed by atoms with E-state index in [1.807, 2.05) is 0 Å². The van der Waals surface area contributed by atoms with E-state index in [1.165, 1.54) is 25.7 Å². The number of rotatable bonds is 2. The first-order chi connectivity index (χ1) is 6.64. The molecule has 1 saturated carbocycles. The zero-order valence-electron chi connectivity index (χ0n) is 8.88. The number of hydrogen-bond donors (Lipinski definition) is 2. The lowest BCUT2D eigenvalue weighted by Crippen LogP contribution is -2.41. The minimum absolute atomic E-state index is 0.0469. The van der Waals surface area contributed by atoms with Gasteiger partial charge in [-0.2, -0.15) is 0 Å². The summed E-state index contributed by atoms with van der Waals surface area (Å²) in [5, 5.41) is 3.32. The molecule has 2 rings (SSSR count). The molecule has 0 aromatic heterocycles. The van der Waals surface area contributed by atoms with Gasteiger partial charge < -0.3 is 11.1 Å². The van der Waals surface area contributed by atoms with Gasteiger partial charge >= 0.3 is 0 Å². The summed E-state index contributed by atoms with van der Waals surface area (Å²) in [5.41, 5.74) is 5.59. The molecule has 3 N–H and O–H groups in total. The first-order valence-corrected chi connectivity index (χ1v) is 5.64. The van der Waals surface area contributed by atoms with Crippen molar-refractivity contribution in [3.63, 3.8) is 0 Å². The predicted molar refractivity (Wildman–Crippen MR) is 55.6 cm³/mol. The van der Waals surface area contributed by atoms with Crippen LogP contribution in [0.25, 0.3) is 0 Å². The van der Waals surface area contributed by atoms with Gasteiger partial charge in [-0.15, -0.1) is 0 Å². The Kier molecular flexibility index (Phi) is 2.52. The number of primary amides is 1. The van der Waals surface area contributed by atoms with E-state index in [-0.39, 0.29) is 17.2 Å². The second-order valence-corrected chi connectivity index (χ2v) is 5.07. The molecular formula is C11H20N2O. The van der Waals surface area contributed by atoms with Crippen LogP contribution >= 0.6 is 0 Å². The Morgan fingerprint density at radius 3 is 2.64 bits per heavy atom. The SMILES string of the molecule is CC1(C2CCCC2)CNCC1C(N)=O. The normalized spacial score (nSPS) is 39.1. The lowest BCUT2D eigenvalue weighted by molar-refractivity contribution is -0.125. The molecule has 0 aromatic rings. The average Bonchev–Trinajstić information content (AvgIpc) is 2.71. The van der Waals surface area contributed by atoms with E-state index in [9.17, 15) is 4.79 Å². The molecule has 1 aliphatic heterocycles. The van der Waals surface area contributed by atoms with E-state index in [0.29, 0.717) is 5.92 Å². The molecule has 3 nitrogen and oxygen atoms in total. The van der Waals surface area contributed by atoms with Gasteiger partial charge in [-0.1, -0.05) is 19.8 Å². The zero-order valence-corrected chi connectivity index (χ0v) is 8.88. The maximum atomic E-state index is 11.4. The molecular weight excluding hydrogens is 176 g/mol. The molecule has 1 amide bonds. The molecule has 80 valence electrons. The van der Waals surface area contributed by atoms with Crippen LogP contribution in [0.3, 0.4) is 0 Å². The van der Waals surface area contributed by atoms with Crippen molar-refractivity contribution >= 4 is 5.91 Å². The van der Waals surface area contributed by atoms with E-state index < -0.39 is 0 Å². The molecule has 1 aliphatic carbocycles. The van der Waals surface area contributed by atoms with Gasteiger partial charge in [-0.3, -0.25) is 4.79 Å². The highest BCUT2D eigenvalue weighted by Crippen LogP contribution is 2.46. The van der Waals surface area contributed by atoms with Crippen LogP contribution in [0.2, 0.25) is 0 Å². The number of nitrogens with one attached hydrogen (secondary N) is 1. The third-order valence-electron chi connectivity index (χ3n) is 4.28. The predicted octanol–water partition coefficient (Wildman–Crippen LogP) is 0.888. The van der Waals surface area contributed by atoms with E-state index in [2.05, 4.69) is 12.2 Å². The molecule has 0 aromatic carbocycles. The third-order valence-corrected chi connectivity index (χ3v) is 4.28. The van der Waals surface area contributed by atoms with E-state index in [4.69, 9.17) is 5.73 Å². The van der Waals surface area contributed by atoms with Gasteiger partial charge in [0.15, 0.2) is 0 Å². The Hall–Kier alpha value is -0.570. The molecule has 3 heteroatoms. The highest BCUT2D eigenvalue weighted by molar-refractivity contribution is 5.78. The highest BCUT2D eigenvalue weighted by atomic mass is 16.1. The van der Waals surface area contributed by atoms with E-state index in [1.54, 1.807) is 0 Å². The van der Waals surface area contributed by atoms with Crippen LogP contribution in [-0.2, 0) is 4.79 Å². The Bertz CT molecular complexity index is 235. The van der Waals surface area contributed by atoms with Crippen LogP contribution in [-0.4, -0.2) is 19.0 Å². The zero-order chi connectivity index (χ0) is 10.2. The smallest absolute Gasteiger partial charge is 0.222 e. The van der Waals surface area contributed by atoms with Gasteiger partial charge in [0.2, 0.25) is 5.91 Å². The fourth-order valence-electron chi connectivity index (χ4n) is 3.28. The van der Waals surface area contributed by atoms with E-state index >= 15 is 0 Å². The lowest BCUT2D eigenvalue weighted by atomic mass is 9.69. The summed E-state index contributed by atoms with van der Waals surface area (Å²) in [4.78, 5) is 11.4. The van der Waals surface area contributed by atoms with Gasteiger partial charge in [0.05, 0.1) is 5.92 Å². The van der Waals surface area contributed by atoms with Crippen LogP contribution in [0.1, 0.15) is 32.6 Å². The van der Waals surface area contributed by atoms with E-state index in [0.717, 1.165) is 13.1 Å². The number of amides is 1. The summed E-state index contributed by atoms with van der Waals surface area (Å²) in [5.74, 6) is 0.630. The molecule has 2 unspecified atom stereocenters. The minimum Gasteiger partial charge on any atom is -0.369 e. The maximum Gasteiger partial charge on any atom is 0.222 e. The summed E-state index contributed by atoms with van der Waals surface area (Å²) in [7, 11) is 0.